The van der Waals surface area contributed by atoms with Crippen LogP contribution in [0.2, 0.25) is 0 Å². The van der Waals surface area contributed by atoms with Crippen molar-refractivity contribution in [2.75, 3.05) is 19.7 Å². The van der Waals surface area contributed by atoms with Crippen molar-refractivity contribution in [1.29, 1.82) is 0 Å². The fourth-order valence-electron chi connectivity index (χ4n) is 1.30. The van der Waals surface area contributed by atoms with E-state index in [1.54, 1.807) is 12.1 Å². The van der Waals surface area contributed by atoms with Gasteiger partial charge in [0, 0.05) is 4.47 Å². The number of hydrogen-bond donors (Lipinski definition) is 3. The monoisotopic (exact) mass is 358 g/mol. The van der Waals surface area contributed by atoms with Gasteiger partial charge in [0.05, 0.1) is 19.6 Å². The van der Waals surface area contributed by atoms with Gasteiger partial charge in [-0.2, -0.15) is 0 Å². The van der Waals surface area contributed by atoms with Crippen LogP contribution in [0.3, 0.4) is 0 Å². The first-order valence-electron chi connectivity index (χ1n) is 6.11. The van der Waals surface area contributed by atoms with E-state index in [9.17, 15) is 14.4 Å². The molecule has 0 aliphatic heterocycles. The SMILES string of the molecule is O=C(O)CNC(=O)CNC(=O)CCOc1ccc(Br)cc1. The highest BCUT2D eigenvalue weighted by Crippen LogP contribution is 2.15. The van der Waals surface area contributed by atoms with E-state index in [-0.39, 0.29) is 25.5 Å². The number of carbonyl (C=O) groups is 3. The molecule has 0 aromatic heterocycles. The molecule has 1 rings (SSSR count). The number of carboxylic acids is 1. The lowest BCUT2D eigenvalue weighted by molar-refractivity contribution is -0.137. The molecule has 0 aliphatic rings. The molecule has 0 radical (unpaired) electrons. The molecule has 0 saturated heterocycles. The third kappa shape index (κ3) is 7.93. The Morgan fingerprint density at radius 1 is 1.05 bits per heavy atom. The van der Waals surface area contributed by atoms with Gasteiger partial charge in [0.2, 0.25) is 11.8 Å². The molecule has 0 spiro atoms. The van der Waals surface area contributed by atoms with Crippen molar-refractivity contribution in [3.63, 3.8) is 0 Å². The van der Waals surface area contributed by atoms with Crippen molar-refractivity contribution in [3.8, 4) is 5.75 Å². The van der Waals surface area contributed by atoms with E-state index in [4.69, 9.17) is 9.84 Å². The second kappa shape index (κ2) is 8.96. The molecule has 0 aliphatic carbocycles. The van der Waals surface area contributed by atoms with Gasteiger partial charge in [-0.25, -0.2) is 0 Å². The Bertz CT molecular complexity index is 504. The Labute approximate surface area is 129 Å². The third-order valence-corrected chi connectivity index (χ3v) is 2.82. The van der Waals surface area contributed by atoms with Crippen molar-refractivity contribution < 1.29 is 24.2 Å². The van der Waals surface area contributed by atoms with E-state index >= 15 is 0 Å². The molecule has 7 nitrogen and oxygen atoms in total. The second-order valence-corrected chi connectivity index (χ2v) is 4.92. The van der Waals surface area contributed by atoms with Gasteiger partial charge in [-0.3, -0.25) is 14.4 Å². The molecule has 0 heterocycles. The molecule has 0 atom stereocenters. The second-order valence-electron chi connectivity index (χ2n) is 4.00. The van der Waals surface area contributed by atoms with Gasteiger partial charge in [0.1, 0.15) is 12.3 Å². The highest BCUT2D eigenvalue weighted by Gasteiger charge is 2.07. The summed E-state index contributed by atoms with van der Waals surface area (Å²) in [4.78, 5) is 32.8. The zero-order valence-electron chi connectivity index (χ0n) is 11.1. The van der Waals surface area contributed by atoms with Crippen molar-refractivity contribution >= 4 is 33.7 Å². The number of aliphatic carboxylic acids is 1. The zero-order chi connectivity index (χ0) is 15.7. The average Bonchev–Trinajstić information content (AvgIpc) is 2.45. The number of hydrogen-bond acceptors (Lipinski definition) is 4. The molecule has 0 fully saturated rings. The van der Waals surface area contributed by atoms with E-state index in [0.717, 1.165) is 4.47 Å². The summed E-state index contributed by atoms with van der Waals surface area (Å²) in [5.74, 6) is -1.40. The predicted octanol–water partition coefficient (Wildman–Crippen LogP) is 0.535. The highest BCUT2D eigenvalue weighted by atomic mass is 79.9. The van der Waals surface area contributed by atoms with Gasteiger partial charge in [-0.05, 0) is 24.3 Å². The van der Waals surface area contributed by atoms with Gasteiger partial charge in [-0.15, -0.1) is 0 Å². The summed E-state index contributed by atoms with van der Waals surface area (Å²) in [5, 5.41) is 12.9. The van der Waals surface area contributed by atoms with Gasteiger partial charge in [0.15, 0.2) is 0 Å². The van der Waals surface area contributed by atoms with Crippen molar-refractivity contribution in [2.24, 2.45) is 0 Å². The fourth-order valence-corrected chi connectivity index (χ4v) is 1.56. The normalized spacial score (nSPS) is 9.76. The molecule has 0 saturated carbocycles. The van der Waals surface area contributed by atoms with Crippen molar-refractivity contribution in [1.82, 2.24) is 10.6 Å². The molecule has 1 aromatic carbocycles. The summed E-state index contributed by atoms with van der Waals surface area (Å²) < 4.78 is 6.29. The molecular formula is C13H15BrN2O5. The first-order valence-corrected chi connectivity index (χ1v) is 6.90. The lowest BCUT2D eigenvalue weighted by Gasteiger charge is -2.07. The largest absolute Gasteiger partial charge is 0.493 e. The summed E-state index contributed by atoms with van der Waals surface area (Å²) in [6.45, 7) is -0.546. The van der Waals surface area contributed by atoms with Crippen LogP contribution in [-0.4, -0.2) is 42.6 Å². The minimum atomic E-state index is -1.14. The quantitative estimate of drug-likeness (QED) is 0.628. The first kappa shape index (κ1) is 17.0. The average molecular weight is 359 g/mol. The number of rotatable bonds is 8. The topological polar surface area (TPSA) is 105 Å². The van der Waals surface area contributed by atoms with Crippen LogP contribution in [0.5, 0.6) is 5.75 Å². The van der Waals surface area contributed by atoms with Crippen molar-refractivity contribution in [3.05, 3.63) is 28.7 Å². The maximum Gasteiger partial charge on any atom is 0.322 e. The maximum atomic E-state index is 11.4. The molecule has 0 bridgehead atoms. The van der Waals surface area contributed by atoms with Crippen LogP contribution in [0.15, 0.2) is 28.7 Å². The summed E-state index contributed by atoms with van der Waals surface area (Å²) in [5.41, 5.74) is 0. The lowest BCUT2D eigenvalue weighted by Crippen LogP contribution is -2.39. The summed E-state index contributed by atoms with van der Waals surface area (Å²) >= 11 is 3.30. The minimum Gasteiger partial charge on any atom is -0.493 e. The van der Waals surface area contributed by atoms with Crippen LogP contribution in [0.1, 0.15) is 6.42 Å². The third-order valence-electron chi connectivity index (χ3n) is 2.29. The molecule has 8 heteroatoms. The number of benzene rings is 1. The van der Waals surface area contributed by atoms with Crippen LogP contribution in [0.4, 0.5) is 0 Å². The number of nitrogens with one attached hydrogen (secondary N) is 2. The smallest absolute Gasteiger partial charge is 0.322 e. The van der Waals surface area contributed by atoms with Crippen LogP contribution in [0, 0.1) is 0 Å². The summed E-state index contributed by atoms with van der Waals surface area (Å²) in [6.07, 6.45) is 0.0995. The number of carboxylic acid groups (broad SMARTS) is 1. The molecule has 114 valence electrons. The summed E-state index contributed by atoms with van der Waals surface area (Å²) in [7, 11) is 0. The van der Waals surface area contributed by atoms with Gasteiger partial charge >= 0.3 is 5.97 Å². The molecular weight excluding hydrogens is 344 g/mol. The van der Waals surface area contributed by atoms with E-state index in [1.165, 1.54) is 0 Å². The van der Waals surface area contributed by atoms with E-state index in [1.807, 2.05) is 12.1 Å². The Morgan fingerprint density at radius 2 is 1.67 bits per heavy atom. The number of ether oxygens (including phenoxy) is 1. The molecule has 21 heavy (non-hydrogen) atoms. The Balaban J connectivity index is 2.15. The molecule has 3 N–H and O–H groups in total. The van der Waals surface area contributed by atoms with Crippen molar-refractivity contribution in [2.45, 2.75) is 6.42 Å². The van der Waals surface area contributed by atoms with Crippen LogP contribution in [-0.2, 0) is 14.4 Å². The minimum absolute atomic E-state index is 0.0995. The van der Waals surface area contributed by atoms with Gasteiger partial charge < -0.3 is 20.5 Å². The van der Waals surface area contributed by atoms with Crippen LogP contribution < -0.4 is 15.4 Å². The lowest BCUT2D eigenvalue weighted by atomic mass is 10.3. The molecule has 1 aromatic rings. The zero-order valence-corrected chi connectivity index (χ0v) is 12.7. The van der Waals surface area contributed by atoms with E-state index in [0.29, 0.717) is 5.75 Å². The predicted molar refractivity (Wildman–Crippen MR) is 77.9 cm³/mol. The number of halogens is 1. The van der Waals surface area contributed by atoms with E-state index in [2.05, 4.69) is 26.6 Å². The number of carbonyl (C=O) groups excluding carboxylic acids is 2. The van der Waals surface area contributed by atoms with Gasteiger partial charge in [-0.1, -0.05) is 15.9 Å². The van der Waals surface area contributed by atoms with E-state index < -0.39 is 18.4 Å². The fraction of sp³-hybridized carbons (Fsp3) is 0.308. The molecule has 0 unspecified atom stereocenters. The highest BCUT2D eigenvalue weighted by molar-refractivity contribution is 9.10. The summed E-state index contributed by atoms with van der Waals surface area (Å²) in [6, 6.07) is 7.17. The number of amides is 2. The first-order chi connectivity index (χ1) is 9.97. The maximum absolute atomic E-state index is 11.4. The Hall–Kier alpha value is -2.09. The standard InChI is InChI=1S/C13H15BrN2O5/c14-9-1-3-10(4-2-9)21-6-5-11(17)15-7-12(18)16-8-13(19)20/h1-4H,5-8H2,(H,15,17)(H,16,18)(H,19,20). The Morgan fingerprint density at radius 3 is 2.29 bits per heavy atom. The van der Waals surface area contributed by atoms with Gasteiger partial charge in [0.25, 0.3) is 0 Å². The molecule has 2 amide bonds. The van der Waals surface area contributed by atoms with Crippen LogP contribution >= 0.6 is 15.9 Å². The Kier molecular flexibility index (Phi) is 7.24. The van der Waals surface area contributed by atoms with Crippen LogP contribution in [0.25, 0.3) is 0 Å².